The van der Waals surface area contributed by atoms with Crippen molar-refractivity contribution in [2.24, 2.45) is 0 Å². The summed E-state index contributed by atoms with van der Waals surface area (Å²) in [5.74, 6) is 0.514. The van der Waals surface area contributed by atoms with Crippen LogP contribution in [0.5, 0.6) is 0 Å². The van der Waals surface area contributed by atoms with Crippen molar-refractivity contribution in [2.75, 3.05) is 11.1 Å². The number of carbonyl (C=O) groups is 1. The topological polar surface area (TPSA) is 68.0 Å². The van der Waals surface area contributed by atoms with E-state index < -0.39 is 0 Å². The predicted molar refractivity (Wildman–Crippen MR) is 76.9 cm³/mol. The van der Waals surface area contributed by atoms with Crippen LogP contribution in [0.1, 0.15) is 16.8 Å². The molecule has 0 aliphatic rings. The first-order valence-electron chi connectivity index (χ1n) is 6.12. The second-order valence-corrected chi connectivity index (χ2v) is 4.64. The smallest absolute Gasteiger partial charge is 0.229 e. The van der Waals surface area contributed by atoms with Gasteiger partial charge in [0.25, 0.3) is 0 Å². The Morgan fingerprint density at radius 2 is 1.89 bits per heavy atom. The van der Waals surface area contributed by atoms with Gasteiger partial charge >= 0.3 is 0 Å². The lowest BCUT2D eigenvalue weighted by atomic mass is 10.1. The van der Waals surface area contributed by atoms with E-state index in [1.54, 1.807) is 12.1 Å². The van der Waals surface area contributed by atoms with Crippen LogP contribution in [0.4, 0.5) is 11.5 Å². The highest BCUT2D eigenvalue weighted by Gasteiger charge is 2.05. The molecule has 4 heteroatoms. The molecule has 0 fully saturated rings. The molecule has 0 spiro atoms. The number of benzene rings is 1. The summed E-state index contributed by atoms with van der Waals surface area (Å²) in [6.07, 6.45) is 0.314. The molecule has 1 amide bonds. The van der Waals surface area contributed by atoms with Crippen LogP contribution in [0.2, 0.25) is 0 Å². The predicted octanol–water partition coefficient (Wildman–Crippen LogP) is 2.46. The molecule has 98 valence electrons. The number of hydrogen-bond donors (Lipinski definition) is 2. The standard InChI is InChI=1S/C15H17N3O/c1-10-7-11(2)17-14(8-10)18-15(19)9-12-3-5-13(16)6-4-12/h3-8H,9,16H2,1-2H3,(H,17,18,19). The molecule has 1 aromatic heterocycles. The molecule has 4 nitrogen and oxygen atoms in total. The largest absolute Gasteiger partial charge is 0.399 e. The highest BCUT2D eigenvalue weighted by Crippen LogP contribution is 2.11. The fraction of sp³-hybridized carbons (Fsp3) is 0.200. The van der Waals surface area contributed by atoms with Crippen LogP contribution in [0, 0.1) is 13.8 Å². The van der Waals surface area contributed by atoms with Crippen LogP contribution in [0.25, 0.3) is 0 Å². The summed E-state index contributed by atoms with van der Waals surface area (Å²) in [6, 6.07) is 11.1. The summed E-state index contributed by atoms with van der Waals surface area (Å²) in [5, 5.41) is 2.81. The Labute approximate surface area is 112 Å². The zero-order valence-electron chi connectivity index (χ0n) is 11.1. The van der Waals surface area contributed by atoms with Gasteiger partial charge in [0.1, 0.15) is 5.82 Å². The van der Waals surface area contributed by atoms with E-state index in [9.17, 15) is 4.79 Å². The Balaban J connectivity index is 2.03. The molecule has 3 N–H and O–H groups in total. The molecule has 0 saturated heterocycles. The van der Waals surface area contributed by atoms with Gasteiger partial charge in [-0.1, -0.05) is 12.1 Å². The molecule has 1 heterocycles. The third-order valence-electron chi connectivity index (χ3n) is 2.71. The van der Waals surface area contributed by atoms with Crippen molar-refractivity contribution in [1.29, 1.82) is 0 Å². The van der Waals surface area contributed by atoms with Gasteiger partial charge in [-0.15, -0.1) is 0 Å². The number of aromatic nitrogens is 1. The number of nitrogen functional groups attached to an aromatic ring is 1. The maximum absolute atomic E-state index is 11.9. The van der Waals surface area contributed by atoms with Crippen molar-refractivity contribution in [1.82, 2.24) is 4.98 Å². The molecule has 0 bridgehead atoms. The van der Waals surface area contributed by atoms with Crippen LogP contribution in [0.3, 0.4) is 0 Å². The van der Waals surface area contributed by atoms with E-state index in [1.807, 2.05) is 38.1 Å². The van der Waals surface area contributed by atoms with Gasteiger partial charge in [-0.3, -0.25) is 4.79 Å². The minimum absolute atomic E-state index is 0.0812. The molecule has 0 aliphatic heterocycles. The van der Waals surface area contributed by atoms with Gasteiger partial charge in [0, 0.05) is 11.4 Å². The molecule has 0 radical (unpaired) electrons. The Kier molecular flexibility index (Phi) is 3.80. The van der Waals surface area contributed by atoms with Crippen LogP contribution < -0.4 is 11.1 Å². The minimum atomic E-state index is -0.0812. The fourth-order valence-corrected chi connectivity index (χ4v) is 1.91. The number of nitrogens with zero attached hydrogens (tertiary/aromatic N) is 1. The third kappa shape index (κ3) is 3.81. The van der Waals surface area contributed by atoms with Crippen molar-refractivity contribution in [3.63, 3.8) is 0 Å². The van der Waals surface area contributed by atoms with Crippen LogP contribution >= 0.6 is 0 Å². The van der Waals surface area contributed by atoms with Crippen molar-refractivity contribution >= 4 is 17.4 Å². The molecule has 0 atom stereocenters. The summed E-state index contributed by atoms with van der Waals surface area (Å²) in [4.78, 5) is 16.2. The molecule has 19 heavy (non-hydrogen) atoms. The lowest BCUT2D eigenvalue weighted by molar-refractivity contribution is -0.115. The van der Waals surface area contributed by atoms with E-state index in [4.69, 9.17) is 5.73 Å². The van der Waals surface area contributed by atoms with Crippen LogP contribution in [-0.2, 0) is 11.2 Å². The van der Waals surface area contributed by atoms with Gasteiger partial charge in [-0.05, 0) is 49.2 Å². The highest BCUT2D eigenvalue weighted by atomic mass is 16.1. The molecule has 0 unspecified atom stereocenters. The second kappa shape index (κ2) is 5.52. The fourth-order valence-electron chi connectivity index (χ4n) is 1.91. The number of nitrogens with one attached hydrogen (secondary N) is 1. The number of pyridine rings is 1. The van der Waals surface area contributed by atoms with Crippen molar-refractivity contribution in [3.8, 4) is 0 Å². The Morgan fingerprint density at radius 3 is 2.53 bits per heavy atom. The van der Waals surface area contributed by atoms with Gasteiger partial charge in [0.05, 0.1) is 6.42 Å². The van der Waals surface area contributed by atoms with Gasteiger partial charge in [-0.25, -0.2) is 4.98 Å². The zero-order chi connectivity index (χ0) is 13.8. The average Bonchev–Trinajstić information content (AvgIpc) is 2.30. The zero-order valence-corrected chi connectivity index (χ0v) is 11.1. The molecule has 0 saturated carbocycles. The Bertz CT molecular complexity index is 571. The van der Waals surface area contributed by atoms with Crippen molar-refractivity contribution in [2.45, 2.75) is 20.3 Å². The van der Waals surface area contributed by atoms with E-state index in [-0.39, 0.29) is 5.91 Å². The second-order valence-electron chi connectivity index (χ2n) is 4.64. The monoisotopic (exact) mass is 255 g/mol. The summed E-state index contributed by atoms with van der Waals surface area (Å²) in [7, 11) is 0. The molecule has 2 rings (SSSR count). The summed E-state index contributed by atoms with van der Waals surface area (Å²) in [6.45, 7) is 3.88. The molecular weight excluding hydrogens is 238 g/mol. The van der Waals surface area contributed by atoms with E-state index in [1.165, 1.54) is 0 Å². The Hall–Kier alpha value is -2.36. The maximum atomic E-state index is 11.9. The van der Waals surface area contributed by atoms with Crippen molar-refractivity contribution in [3.05, 3.63) is 53.2 Å². The number of anilines is 2. The SMILES string of the molecule is Cc1cc(C)nc(NC(=O)Cc2ccc(N)cc2)c1. The summed E-state index contributed by atoms with van der Waals surface area (Å²) < 4.78 is 0. The maximum Gasteiger partial charge on any atom is 0.229 e. The normalized spacial score (nSPS) is 10.2. The molecule has 1 aromatic carbocycles. The van der Waals surface area contributed by atoms with Gasteiger partial charge in [0.2, 0.25) is 5.91 Å². The van der Waals surface area contributed by atoms with E-state index >= 15 is 0 Å². The van der Waals surface area contributed by atoms with Crippen molar-refractivity contribution < 1.29 is 4.79 Å². The highest BCUT2D eigenvalue weighted by molar-refractivity contribution is 5.91. The summed E-state index contributed by atoms with van der Waals surface area (Å²) >= 11 is 0. The van der Waals surface area contributed by atoms with E-state index in [0.29, 0.717) is 17.9 Å². The first kappa shape index (κ1) is 13.1. The van der Waals surface area contributed by atoms with Gasteiger partial charge in [0.15, 0.2) is 0 Å². The van der Waals surface area contributed by atoms with Gasteiger partial charge < -0.3 is 11.1 Å². The van der Waals surface area contributed by atoms with Gasteiger partial charge in [-0.2, -0.15) is 0 Å². The molecule has 2 aromatic rings. The molecule has 0 aliphatic carbocycles. The number of aryl methyl sites for hydroxylation is 2. The Morgan fingerprint density at radius 1 is 1.21 bits per heavy atom. The quantitative estimate of drug-likeness (QED) is 0.828. The number of amides is 1. The number of carbonyl (C=O) groups excluding carboxylic acids is 1. The first-order valence-corrected chi connectivity index (χ1v) is 6.12. The molecular formula is C15H17N3O. The van der Waals surface area contributed by atoms with Crippen LogP contribution in [-0.4, -0.2) is 10.9 Å². The lowest BCUT2D eigenvalue weighted by Gasteiger charge is -2.07. The number of nitrogens with two attached hydrogens (primary N) is 1. The third-order valence-corrected chi connectivity index (χ3v) is 2.71. The number of rotatable bonds is 3. The number of hydrogen-bond acceptors (Lipinski definition) is 3. The average molecular weight is 255 g/mol. The lowest BCUT2D eigenvalue weighted by Crippen LogP contribution is -2.15. The first-order chi connectivity index (χ1) is 9.02. The van der Waals surface area contributed by atoms with Crippen LogP contribution in [0.15, 0.2) is 36.4 Å². The van der Waals surface area contributed by atoms with E-state index in [0.717, 1.165) is 16.8 Å². The van der Waals surface area contributed by atoms with E-state index in [2.05, 4.69) is 10.3 Å². The summed E-state index contributed by atoms with van der Waals surface area (Å²) in [5.41, 5.74) is 9.20. The minimum Gasteiger partial charge on any atom is -0.399 e.